The van der Waals surface area contributed by atoms with Crippen LogP contribution in [0.4, 0.5) is 0 Å². The van der Waals surface area contributed by atoms with Crippen molar-refractivity contribution in [3.63, 3.8) is 0 Å². The molecule has 1 saturated heterocycles. The quantitative estimate of drug-likeness (QED) is 0.890. The predicted octanol–water partition coefficient (Wildman–Crippen LogP) is 1.56. The molecule has 2 rings (SSSR count). The van der Waals surface area contributed by atoms with Crippen LogP contribution >= 0.6 is 11.3 Å². The van der Waals surface area contributed by atoms with Crippen LogP contribution in [0.3, 0.4) is 0 Å². The molecule has 1 fully saturated rings. The van der Waals surface area contributed by atoms with Crippen molar-refractivity contribution in [2.24, 2.45) is 5.73 Å². The molecule has 0 aromatic carbocycles. The fourth-order valence-electron chi connectivity index (χ4n) is 2.41. The van der Waals surface area contributed by atoms with E-state index in [1.807, 2.05) is 6.92 Å². The monoisotopic (exact) mass is 255 g/mol. The van der Waals surface area contributed by atoms with Crippen LogP contribution in [0, 0.1) is 6.92 Å². The summed E-state index contributed by atoms with van der Waals surface area (Å²) in [6.07, 6.45) is 0.0626. The van der Waals surface area contributed by atoms with Crippen molar-refractivity contribution in [2.75, 3.05) is 19.7 Å². The molecule has 0 amide bonds. The van der Waals surface area contributed by atoms with Gasteiger partial charge in [0.2, 0.25) is 0 Å². The molecule has 5 heteroatoms. The highest BCUT2D eigenvalue weighted by Gasteiger charge is 2.35. The summed E-state index contributed by atoms with van der Waals surface area (Å²) in [5, 5.41) is 3.23. The lowest BCUT2D eigenvalue weighted by molar-refractivity contribution is -0.0801. The summed E-state index contributed by atoms with van der Waals surface area (Å²) in [5.74, 6) is 0. The van der Waals surface area contributed by atoms with Gasteiger partial charge in [0, 0.05) is 24.5 Å². The summed E-state index contributed by atoms with van der Waals surface area (Å²) in [7, 11) is 0. The van der Waals surface area contributed by atoms with Crippen molar-refractivity contribution in [1.82, 2.24) is 9.88 Å². The second-order valence-electron chi connectivity index (χ2n) is 4.71. The molecule has 2 heterocycles. The number of nitrogens with two attached hydrogens (primary N) is 1. The Balaban J connectivity index is 2.28. The maximum Gasteiger partial charge on any atom is 0.0910 e. The normalized spacial score (nSPS) is 26.6. The third-order valence-corrected chi connectivity index (χ3v) is 4.02. The Morgan fingerprint density at radius 2 is 2.41 bits per heavy atom. The molecule has 1 aliphatic heterocycles. The molecule has 0 radical (unpaired) electrons. The van der Waals surface area contributed by atoms with Crippen molar-refractivity contribution < 1.29 is 4.74 Å². The molecule has 1 aromatic heterocycles. The van der Waals surface area contributed by atoms with E-state index in [2.05, 4.69) is 29.1 Å². The average molecular weight is 255 g/mol. The summed E-state index contributed by atoms with van der Waals surface area (Å²) in [5.41, 5.74) is 6.93. The van der Waals surface area contributed by atoms with Crippen molar-refractivity contribution in [3.05, 3.63) is 16.1 Å². The first-order chi connectivity index (χ1) is 8.13. The lowest BCUT2D eigenvalue weighted by Crippen LogP contribution is -2.50. The van der Waals surface area contributed by atoms with Crippen LogP contribution in [0.25, 0.3) is 0 Å². The lowest BCUT2D eigenvalue weighted by atomic mass is 10.0. The molecule has 17 heavy (non-hydrogen) atoms. The Labute approximate surface area is 107 Å². The first-order valence-corrected chi connectivity index (χ1v) is 7.01. The minimum absolute atomic E-state index is 0.0626. The number of aryl methyl sites for hydroxylation is 1. The molecule has 96 valence electrons. The number of aromatic nitrogens is 1. The largest absolute Gasteiger partial charge is 0.374 e. The van der Waals surface area contributed by atoms with Gasteiger partial charge in [-0.15, -0.1) is 11.3 Å². The molecule has 4 nitrogen and oxygen atoms in total. The summed E-state index contributed by atoms with van der Waals surface area (Å²) >= 11 is 1.69. The van der Waals surface area contributed by atoms with Crippen molar-refractivity contribution in [3.8, 4) is 0 Å². The van der Waals surface area contributed by atoms with Crippen LogP contribution in [-0.2, 0) is 4.74 Å². The standard InChI is InChI=1S/C12H21N3OS/c1-8(2)15-4-5-16-11(6-13)12(15)10-7-17-9(3)14-10/h7-8,11-12H,4-6,13H2,1-3H3. The molecule has 0 bridgehead atoms. The van der Waals surface area contributed by atoms with Gasteiger partial charge >= 0.3 is 0 Å². The molecule has 1 aliphatic rings. The molecular formula is C12H21N3OS. The van der Waals surface area contributed by atoms with E-state index in [0.29, 0.717) is 12.6 Å². The third-order valence-electron chi connectivity index (χ3n) is 3.23. The topological polar surface area (TPSA) is 51.4 Å². The summed E-state index contributed by atoms with van der Waals surface area (Å²) < 4.78 is 5.78. The van der Waals surface area contributed by atoms with Crippen LogP contribution in [0.1, 0.15) is 30.6 Å². The molecule has 1 aromatic rings. The molecule has 2 N–H and O–H groups in total. The van der Waals surface area contributed by atoms with E-state index in [9.17, 15) is 0 Å². The predicted molar refractivity (Wildman–Crippen MR) is 70.2 cm³/mol. The molecule has 0 spiro atoms. The Bertz CT molecular complexity index is 366. The van der Waals surface area contributed by atoms with E-state index in [1.165, 1.54) is 0 Å². The van der Waals surface area contributed by atoms with Crippen LogP contribution < -0.4 is 5.73 Å². The fourth-order valence-corrected chi connectivity index (χ4v) is 3.05. The van der Waals surface area contributed by atoms with Gasteiger partial charge in [-0.1, -0.05) is 0 Å². The zero-order chi connectivity index (χ0) is 12.4. The maximum absolute atomic E-state index is 5.82. The lowest BCUT2D eigenvalue weighted by Gasteiger charge is -2.42. The van der Waals surface area contributed by atoms with Gasteiger partial charge in [-0.2, -0.15) is 0 Å². The third kappa shape index (κ3) is 2.68. The maximum atomic E-state index is 5.82. The first-order valence-electron chi connectivity index (χ1n) is 6.13. The number of ether oxygens (including phenoxy) is 1. The smallest absolute Gasteiger partial charge is 0.0910 e. The zero-order valence-corrected chi connectivity index (χ0v) is 11.5. The molecule has 2 atom stereocenters. The van der Waals surface area contributed by atoms with Crippen molar-refractivity contribution in [1.29, 1.82) is 0 Å². The van der Waals surface area contributed by atoms with E-state index >= 15 is 0 Å². The number of morpholine rings is 1. The minimum atomic E-state index is 0.0626. The molecule has 0 saturated carbocycles. The van der Waals surface area contributed by atoms with E-state index in [-0.39, 0.29) is 12.1 Å². The Morgan fingerprint density at radius 3 is 2.94 bits per heavy atom. The summed E-state index contributed by atoms with van der Waals surface area (Å²) in [4.78, 5) is 7.05. The number of thiazole rings is 1. The molecule has 2 unspecified atom stereocenters. The summed E-state index contributed by atoms with van der Waals surface area (Å²) in [6.45, 7) is 8.73. The van der Waals surface area contributed by atoms with Gasteiger partial charge in [0.15, 0.2) is 0 Å². The highest BCUT2D eigenvalue weighted by atomic mass is 32.1. The second kappa shape index (κ2) is 5.44. The second-order valence-corrected chi connectivity index (χ2v) is 5.77. The van der Waals surface area contributed by atoms with E-state index in [1.54, 1.807) is 11.3 Å². The number of hydrogen-bond donors (Lipinski definition) is 1. The highest BCUT2D eigenvalue weighted by Crippen LogP contribution is 2.31. The highest BCUT2D eigenvalue weighted by molar-refractivity contribution is 7.09. The molecule has 0 aliphatic carbocycles. The van der Waals surface area contributed by atoms with Crippen LogP contribution in [-0.4, -0.2) is 41.7 Å². The Hall–Kier alpha value is -0.490. The van der Waals surface area contributed by atoms with Gasteiger partial charge in [-0.3, -0.25) is 4.90 Å². The number of rotatable bonds is 3. The van der Waals surface area contributed by atoms with Crippen molar-refractivity contribution >= 4 is 11.3 Å². The SMILES string of the molecule is Cc1nc(C2C(CN)OCCN2C(C)C)cs1. The van der Waals surface area contributed by atoms with Gasteiger partial charge < -0.3 is 10.5 Å². The number of nitrogens with zero attached hydrogens (tertiary/aromatic N) is 2. The van der Waals surface area contributed by atoms with Crippen LogP contribution in [0.2, 0.25) is 0 Å². The Morgan fingerprint density at radius 1 is 1.65 bits per heavy atom. The van der Waals surface area contributed by atoms with Crippen LogP contribution in [0.15, 0.2) is 5.38 Å². The first kappa shape index (κ1) is 13.0. The zero-order valence-electron chi connectivity index (χ0n) is 10.7. The fraction of sp³-hybridized carbons (Fsp3) is 0.750. The van der Waals surface area contributed by atoms with Crippen molar-refractivity contribution in [2.45, 2.75) is 39.0 Å². The van der Waals surface area contributed by atoms with E-state index in [4.69, 9.17) is 10.5 Å². The van der Waals surface area contributed by atoms with E-state index < -0.39 is 0 Å². The van der Waals surface area contributed by atoms with Gasteiger partial charge in [0.1, 0.15) is 0 Å². The molecular weight excluding hydrogens is 234 g/mol. The Kier molecular flexibility index (Phi) is 4.14. The summed E-state index contributed by atoms with van der Waals surface area (Å²) in [6, 6.07) is 0.693. The number of hydrogen-bond acceptors (Lipinski definition) is 5. The van der Waals surface area contributed by atoms with E-state index in [0.717, 1.165) is 23.9 Å². The minimum Gasteiger partial charge on any atom is -0.374 e. The van der Waals surface area contributed by atoms with Gasteiger partial charge in [0.05, 0.1) is 29.5 Å². The van der Waals surface area contributed by atoms with Crippen LogP contribution in [0.5, 0.6) is 0 Å². The van der Waals surface area contributed by atoms with Gasteiger partial charge in [-0.05, 0) is 20.8 Å². The van der Waals surface area contributed by atoms with Gasteiger partial charge in [-0.25, -0.2) is 4.98 Å². The average Bonchev–Trinajstić information content (AvgIpc) is 2.74. The van der Waals surface area contributed by atoms with Gasteiger partial charge in [0.25, 0.3) is 0 Å².